The molecule has 0 spiro atoms. The summed E-state index contributed by atoms with van der Waals surface area (Å²) in [5.41, 5.74) is 4.38. The van der Waals surface area contributed by atoms with Gasteiger partial charge in [0.05, 0.1) is 24.1 Å². The van der Waals surface area contributed by atoms with Gasteiger partial charge in [-0.05, 0) is 42.2 Å². The lowest BCUT2D eigenvalue weighted by atomic mass is 9.97. The van der Waals surface area contributed by atoms with Gasteiger partial charge in [-0.1, -0.05) is 20.4 Å². The zero-order valence-electron chi connectivity index (χ0n) is 18.7. The van der Waals surface area contributed by atoms with Crippen LogP contribution in [0.25, 0.3) is 0 Å². The molecule has 0 radical (unpaired) electrons. The molecule has 1 aliphatic heterocycles. The highest BCUT2D eigenvalue weighted by atomic mass is 16.5. The van der Waals surface area contributed by atoms with Gasteiger partial charge in [0, 0.05) is 38.3 Å². The number of hydrogen-bond donors (Lipinski definition) is 1. The molecular weight excluding hydrogens is 394 g/mol. The summed E-state index contributed by atoms with van der Waals surface area (Å²) in [6.07, 6.45) is 1.86. The number of benzene rings is 1. The number of amides is 2. The highest BCUT2D eigenvalue weighted by Crippen LogP contribution is 2.34. The molecular formula is C24H29N3O4. The number of aryl methyl sites for hydroxylation is 1. The standard InChI is InChI=1S/C24H29N3O4/c1-7-23(29)26(5)20-10-16-13-27(9-8-19(16)25-15(20)4)24(30)18-11-17(14(2)3)22(31-6)12-21(18)28/h7,10-12,14,28H,1,8-9,13H2,2-6H3. The fourth-order valence-electron chi connectivity index (χ4n) is 3.89. The molecule has 0 saturated carbocycles. The van der Waals surface area contributed by atoms with Crippen LogP contribution in [-0.2, 0) is 17.8 Å². The molecule has 0 aliphatic carbocycles. The summed E-state index contributed by atoms with van der Waals surface area (Å²) >= 11 is 0. The minimum atomic E-state index is -0.245. The first-order chi connectivity index (χ1) is 14.7. The lowest BCUT2D eigenvalue weighted by Gasteiger charge is -2.30. The van der Waals surface area contributed by atoms with Gasteiger partial charge in [-0.25, -0.2) is 0 Å². The third kappa shape index (κ3) is 4.26. The predicted octanol–water partition coefficient (Wildman–Crippen LogP) is 3.57. The normalized spacial score (nSPS) is 13.0. The van der Waals surface area contributed by atoms with Crippen molar-refractivity contribution in [2.24, 2.45) is 0 Å². The molecule has 3 rings (SSSR count). The number of carbonyl (C=O) groups excluding carboxylic acids is 2. The second-order valence-corrected chi connectivity index (χ2v) is 8.04. The van der Waals surface area contributed by atoms with Crippen LogP contribution in [0.3, 0.4) is 0 Å². The van der Waals surface area contributed by atoms with Gasteiger partial charge >= 0.3 is 0 Å². The van der Waals surface area contributed by atoms with Crippen molar-refractivity contribution in [2.75, 3.05) is 25.6 Å². The number of phenolic OH excluding ortho intramolecular Hbond substituents is 1. The van der Waals surface area contributed by atoms with Crippen LogP contribution in [0, 0.1) is 6.92 Å². The fourth-order valence-corrected chi connectivity index (χ4v) is 3.89. The molecule has 1 aliphatic rings. The zero-order valence-corrected chi connectivity index (χ0v) is 18.7. The molecule has 7 heteroatoms. The summed E-state index contributed by atoms with van der Waals surface area (Å²) in [6, 6.07) is 5.12. The predicted molar refractivity (Wildman–Crippen MR) is 120 cm³/mol. The molecule has 0 saturated heterocycles. The number of carbonyl (C=O) groups is 2. The number of nitrogens with zero attached hydrogens (tertiary/aromatic N) is 3. The molecule has 2 amide bonds. The van der Waals surface area contributed by atoms with E-state index in [2.05, 4.69) is 11.6 Å². The molecule has 0 atom stereocenters. The Kier molecular flexibility index (Phi) is 6.34. The minimum Gasteiger partial charge on any atom is -0.507 e. The summed E-state index contributed by atoms with van der Waals surface area (Å²) < 4.78 is 5.36. The summed E-state index contributed by atoms with van der Waals surface area (Å²) in [5.74, 6) is 0.128. The summed E-state index contributed by atoms with van der Waals surface area (Å²) in [7, 11) is 3.22. The Balaban J connectivity index is 1.93. The number of pyridine rings is 1. The van der Waals surface area contributed by atoms with Crippen molar-refractivity contribution < 1.29 is 19.4 Å². The average Bonchev–Trinajstić information content (AvgIpc) is 2.76. The van der Waals surface area contributed by atoms with Crippen molar-refractivity contribution in [1.29, 1.82) is 0 Å². The van der Waals surface area contributed by atoms with Crippen molar-refractivity contribution >= 4 is 17.5 Å². The molecule has 7 nitrogen and oxygen atoms in total. The molecule has 1 aromatic heterocycles. The van der Waals surface area contributed by atoms with Gasteiger partial charge in [0.1, 0.15) is 11.5 Å². The Bertz CT molecular complexity index is 1050. The first kappa shape index (κ1) is 22.3. The van der Waals surface area contributed by atoms with E-state index >= 15 is 0 Å². The second kappa shape index (κ2) is 8.79. The molecule has 0 bridgehead atoms. The first-order valence-corrected chi connectivity index (χ1v) is 10.3. The number of rotatable bonds is 5. The smallest absolute Gasteiger partial charge is 0.257 e. The Morgan fingerprint density at radius 1 is 1.32 bits per heavy atom. The van der Waals surface area contributed by atoms with Crippen LogP contribution < -0.4 is 9.64 Å². The van der Waals surface area contributed by atoms with E-state index in [4.69, 9.17) is 4.74 Å². The number of fused-ring (bicyclic) bond motifs is 1. The van der Waals surface area contributed by atoms with Crippen molar-refractivity contribution in [3.63, 3.8) is 0 Å². The van der Waals surface area contributed by atoms with Crippen LogP contribution in [0.15, 0.2) is 30.9 Å². The summed E-state index contributed by atoms with van der Waals surface area (Å²) in [4.78, 5) is 33.2. The van der Waals surface area contributed by atoms with Gasteiger partial charge < -0.3 is 19.6 Å². The van der Waals surface area contributed by atoms with E-state index in [0.29, 0.717) is 30.9 Å². The number of anilines is 1. The first-order valence-electron chi connectivity index (χ1n) is 10.3. The lowest BCUT2D eigenvalue weighted by Crippen LogP contribution is -2.37. The van der Waals surface area contributed by atoms with Crippen LogP contribution in [-0.4, -0.2) is 47.5 Å². The second-order valence-electron chi connectivity index (χ2n) is 8.04. The number of ether oxygens (including phenoxy) is 1. The van der Waals surface area contributed by atoms with Crippen molar-refractivity contribution in [3.8, 4) is 11.5 Å². The highest BCUT2D eigenvalue weighted by Gasteiger charge is 2.27. The Morgan fingerprint density at radius 2 is 2.03 bits per heavy atom. The van der Waals surface area contributed by atoms with Crippen LogP contribution in [0.1, 0.15) is 52.6 Å². The fraction of sp³-hybridized carbons (Fsp3) is 0.375. The van der Waals surface area contributed by atoms with E-state index < -0.39 is 0 Å². The topological polar surface area (TPSA) is 83.0 Å². The summed E-state index contributed by atoms with van der Waals surface area (Å²) in [5, 5.41) is 10.5. The van der Waals surface area contributed by atoms with E-state index in [1.807, 2.05) is 26.8 Å². The average molecular weight is 424 g/mol. The maximum atomic E-state index is 13.3. The van der Waals surface area contributed by atoms with E-state index in [-0.39, 0.29) is 29.0 Å². The van der Waals surface area contributed by atoms with Gasteiger partial charge in [-0.2, -0.15) is 0 Å². The van der Waals surface area contributed by atoms with E-state index in [0.717, 1.165) is 22.5 Å². The molecule has 2 heterocycles. The molecule has 164 valence electrons. The molecule has 1 N–H and O–H groups in total. The Hall–Kier alpha value is -3.35. The Labute approximate surface area is 183 Å². The number of likely N-dealkylation sites (N-methyl/N-ethyl adjacent to an activating group) is 1. The van der Waals surface area contributed by atoms with E-state index in [9.17, 15) is 14.7 Å². The molecule has 2 aromatic rings. The van der Waals surface area contributed by atoms with Crippen LogP contribution in [0.2, 0.25) is 0 Å². The minimum absolute atomic E-state index is 0.101. The molecule has 0 unspecified atom stereocenters. The van der Waals surface area contributed by atoms with Gasteiger partial charge in [-0.3, -0.25) is 14.6 Å². The largest absolute Gasteiger partial charge is 0.507 e. The van der Waals surface area contributed by atoms with Crippen molar-refractivity contribution in [2.45, 2.75) is 39.7 Å². The van der Waals surface area contributed by atoms with E-state index in [1.165, 1.54) is 17.0 Å². The van der Waals surface area contributed by atoms with Crippen LogP contribution in [0.4, 0.5) is 5.69 Å². The molecule has 1 aromatic carbocycles. The zero-order chi connectivity index (χ0) is 22.9. The van der Waals surface area contributed by atoms with Crippen LogP contribution in [0.5, 0.6) is 11.5 Å². The van der Waals surface area contributed by atoms with Gasteiger partial charge in [0.2, 0.25) is 5.91 Å². The SMILES string of the molecule is C=CC(=O)N(C)c1cc2c(nc1C)CCN(C(=O)c1cc(C(C)C)c(OC)cc1O)C2. The van der Waals surface area contributed by atoms with Gasteiger partial charge in [-0.15, -0.1) is 0 Å². The number of aromatic nitrogens is 1. The van der Waals surface area contributed by atoms with E-state index in [1.54, 1.807) is 25.1 Å². The maximum absolute atomic E-state index is 13.3. The number of aromatic hydroxyl groups is 1. The van der Waals surface area contributed by atoms with Gasteiger partial charge in [0.25, 0.3) is 5.91 Å². The molecule has 0 fully saturated rings. The van der Waals surface area contributed by atoms with Crippen molar-refractivity contribution in [1.82, 2.24) is 9.88 Å². The van der Waals surface area contributed by atoms with Gasteiger partial charge in [0.15, 0.2) is 0 Å². The number of phenols is 1. The summed E-state index contributed by atoms with van der Waals surface area (Å²) in [6.45, 7) is 10.3. The Morgan fingerprint density at radius 3 is 2.65 bits per heavy atom. The van der Waals surface area contributed by atoms with Crippen LogP contribution >= 0.6 is 0 Å². The maximum Gasteiger partial charge on any atom is 0.257 e. The van der Waals surface area contributed by atoms with Crippen molar-refractivity contribution in [3.05, 3.63) is 58.9 Å². The lowest BCUT2D eigenvalue weighted by molar-refractivity contribution is -0.113. The number of methoxy groups -OCH3 is 1. The quantitative estimate of drug-likeness (QED) is 0.744. The third-order valence-electron chi connectivity index (χ3n) is 5.69. The monoisotopic (exact) mass is 423 g/mol. The third-order valence-corrected chi connectivity index (χ3v) is 5.69. The molecule has 31 heavy (non-hydrogen) atoms. The number of hydrogen-bond acceptors (Lipinski definition) is 5. The highest BCUT2D eigenvalue weighted by molar-refractivity contribution is 6.01.